The van der Waals surface area contributed by atoms with Crippen LogP contribution < -0.4 is 0 Å². The zero-order chi connectivity index (χ0) is 12.0. The minimum atomic E-state index is -0.354. The summed E-state index contributed by atoms with van der Waals surface area (Å²) in [4.78, 5) is 0. The van der Waals surface area contributed by atoms with E-state index < -0.39 is 0 Å². The van der Waals surface area contributed by atoms with Crippen molar-refractivity contribution in [3.8, 4) is 0 Å². The number of rotatable bonds is 7. The normalized spacial score (nSPS) is 15.0. The molecule has 2 unspecified atom stereocenters. The van der Waals surface area contributed by atoms with E-state index in [1.54, 1.807) is 6.20 Å². The Hall–Kier alpha value is -0.830. The summed E-state index contributed by atoms with van der Waals surface area (Å²) in [7, 11) is 0. The molecule has 0 bridgehead atoms. The number of aryl methyl sites for hydroxylation is 1. The van der Waals surface area contributed by atoms with Gasteiger partial charge in [0.25, 0.3) is 0 Å². The number of aromatic nitrogens is 2. The monoisotopic (exact) mass is 224 g/mol. The van der Waals surface area contributed by atoms with Gasteiger partial charge in [-0.25, -0.2) is 0 Å². The smallest absolute Gasteiger partial charge is 0.0823 e. The molecule has 92 valence electrons. The van der Waals surface area contributed by atoms with Crippen LogP contribution in [-0.4, -0.2) is 14.9 Å². The maximum absolute atomic E-state index is 10.0. The van der Waals surface area contributed by atoms with Gasteiger partial charge in [-0.05, 0) is 18.8 Å². The van der Waals surface area contributed by atoms with E-state index in [4.69, 9.17) is 0 Å². The SMILES string of the molecule is CCCC(C)CC(O)c1cnn(CCC)c1. The lowest BCUT2D eigenvalue weighted by Crippen LogP contribution is -2.04. The largest absolute Gasteiger partial charge is 0.388 e. The molecule has 16 heavy (non-hydrogen) atoms. The molecule has 0 saturated heterocycles. The van der Waals surface area contributed by atoms with Crippen molar-refractivity contribution in [3.63, 3.8) is 0 Å². The van der Waals surface area contributed by atoms with Crippen LogP contribution in [-0.2, 0) is 6.54 Å². The van der Waals surface area contributed by atoms with Gasteiger partial charge in [0.05, 0.1) is 12.3 Å². The minimum Gasteiger partial charge on any atom is -0.388 e. The highest BCUT2D eigenvalue weighted by Crippen LogP contribution is 2.23. The fraction of sp³-hybridized carbons (Fsp3) is 0.769. The van der Waals surface area contributed by atoms with Gasteiger partial charge >= 0.3 is 0 Å². The lowest BCUT2D eigenvalue weighted by atomic mass is 9.96. The van der Waals surface area contributed by atoms with Gasteiger partial charge in [0, 0.05) is 18.3 Å². The summed E-state index contributed by atoms with van der Waals surface area (Å²) in [6.07, 6.45) is 7.68. The molecule has 0 saturated carbocycles. The van der Waals surface area contributed by atoms with Gasteiger partial charge in [0.2, 0.25) is 0 Å². The first-order chi connectivity index (χ1) is 7.67. The van der Waals surface area contributed by atoms with Crippen LogP contribution >= 0.6 is 0 Å². The van der Waals surface area contributed by atoms with Crippen LogP contribution in [0.1, 0.15) is 58.1 Å². The number of aliphatic hydroxyl groups excluding tert-OH is 1. The van der Waals surface area contributed by atoms with Crippen LogP contribution in [0.5, 0.6) is 0 Å². The van der Waals surface area contributed by atoms with Crippen LogP contribution in [0, 0.1) is 5.92 Å². The van der Waals surface area contributed by atoms with E-state index in [2.05, 4.69) is 25.9 Å². The van der Waals surface area contributed by atoms with Crippen molar-refractivity contribution in [2.24, 2.45) is 5.92 Å². The van der Waals surface area contributed by atoms with Crippen LogP contribution in [0.15, 0.2) is 12.4 Å². The quantitative estimate of drug-likeness (QED) is 0.772. The summed E-state index contributed by atoms with van der Waals surface area (Å²) in [5, 5.41) is 14.3. The third-order valence-electron chi connectivity index (χ3n) is 2.90. The number of hydrogen-bond donors (Lipinski definition) is 1. The molecule has 0 spiro atoms. The van der Waals surface area contributed by atoms with E-state index in [1.165, 1.54) is 12.8 Å². The van der Waals surface area contributed by atoms with E-state index in [0.717, 1.165) is 24.9 Å². The third kappa shape index (κ3) is 3.97. The van der Waals surface area contributed by atoms with Gasteiger partial charge in [0.1, 0.15) is 0 Å². The predicted octanol–water partition coefficient (Wildman–Crippen LogP) is 3.15. The van der Waals surface area contributed by atoms with E-state index in [-0.39, 0.29) is 6.10 Å². The van der Waals surface area contributed by atoms with Crippen LogP contribution in [0.4, 0.5) is 0 Å². The Morgan fingerprint density at radius 3 is 2.75 bits per heavy atom. The Balaban J connectivity index is 2.48. The van der Waals surface area contributed by atoms with Crippen molar-refractivity contribution < 1.29 is 5.11 Å². The Labute approximate surface area is 98.5 Å². The van der Waals surface area contributed by atoms with Crippen molar-refractivity contribution in [2.45, 2.75) is 59.1 Å². The molecule has 0 amide bonds. The van der Waals surface area contributed by atoms with Gasteiger partial charge in [-0.15, -0.1) is 0 Å². The molecule has 1 aromatic rings. The summed E-state index contributed by atoms with van der Waals surface area (Å²) >= 11 is 0. The summed E-state index contributed by atoms with van der Waals surface area (Å²) in [5.74, 6) is 0.578. The minimum absolute atomic E-state index is 0.354. The average molecular weight is 224 g/mol. The molecule has 0 aliphatic carbocycles. The molecular formula is C13H24N2O. The highest BCUT2D eigenvalue weighted by molar-refractivity contribution is 5.07. The van der Waals surface area contributed by atoms with Gasteiger partial charge in [-0.3, -0.25) is 4.68 Å². The third-order valence-corrected chi connectivity index (χ3v) is 2.90. The first-order valence-electron chi connectivity index (χ1n) is 6.37. The number of nitrogens with zero attached hydrogens (tertiary/aromatic N) is 2. The second-order valence-electron chi connectivity index (χ2n) is 4.68. The van der Waals surface area contributed by atoms with Crippen molar-refractivity contribution in [3.05, 3.63) is 18.0 Å². The lowest BCUT2D eigenvalue weighted by molar-refractivity contribution is 0.145. The number of aliphatic hydroxyl groups is 1. The molecule has 1 N–H and O–H groups in total. The highest BCUT2D eigenvalue weighted by atomic mass is 16.3. The molecule has 3 heteroatoms. The van der Waals surface area contributed by atoms with Crippen LogP contribution in [0.3, 0.4) is 0 Å². The standard InChI is InChI=1S/C13H24N2O/c1-4-6-11(3)8-13(16)12-9-14-15(10-12)7-5-2/h9-11,13,16H,4-8H2,1-3H3. The summed E-state index contributed by atoms with van der Waals surface area (Å²) in [6, 6.07) is 0. The summed E-state index contributed by atoms with van der Waals surface area (Å²) in [5.41, 5.74) is 0.955. The van der Waals surface area contributed by atoms with Gasteiger partial charge in [-0.1, -0.05) is 33.6 Å². The summed E-state index contributed by atoms with van der Waals surface area (Å²) in [6.45, 7) is 7.43. The van der Waals surface area contributed by atoms with E-state index in [0.29, 0.717) is 5.92 Å². The highest BCUT2D eigenvalue weighted by Gasteiger charge is 2.13. The van der Waals surface area contributed by atoms with Gasteiger partial charge in [-0.2, -0.15) is 5.10 Å². The Kier molecular flexibility index (Phi) is 5.53. The molecule has 0 fully saturated rings. The van der Waals surface area contributed by atoms with Crippen molar-refractivity contribution in [1.29, 1.82) is 0 Å². The molecule has 0 aliphatic heterocycles. The average Bonchev–Trinajstić information content (AvgIpc) is 2.67. The van der Waals surface area contributed by atoms with Crippen molar-refractivity contribution in [1.82, 2.24) is 9.78 Å². The topological polar surface area (TPSA) is 38.1 Å². The van der Waals surface area contributed by atoms with E-state index in [1.807, 2.05) is 10.9 Å². The zero-order valence-corrected chi connectivity index (χ0v) is 10.7. The molecule has 1 heterocycles. The second-order valence-corrected chi connectivity index (χ2v) is 4.68. The summed E-state index contributed by atoms with van der Waals surface area (Å²) < 4.78 is 1.91. The Morgan fingerprint density at radius 1 is 1.38 bits per heavy atom. The predicted molar refractivity (Wildman–Crippen MR) is 66.2 cm³/mol. The van der Waals surface area contributed by atoms with Crippen molar-refractivity contribution in [2.75, 3.05) is 0 Å². The lowest BCUT2D eigenvalue weighted by Gasteiger charge is -2.14. The Bertz CT molecular complexity index is 296. The second kappa shape index (κ2) is 6.69. The molecule has 1 aromatic heterocycles. The molecule has 3 nitrogen and oxygen atoms in total. The fourth-order valence-electron chi connectivity index (χ4n) is 2.03. The molecule has 0 aliphatic rings. The van der Waals surface area contributed by atoms with E-state index >= 15 is 0 Å². The first kappa shape index (κ1) is 13.2. The molecule has 1 rings (SSSR count). The fourth-order valence-corrected chi connectivity index (χ4v) is 2.03. The Morgan fingerprint density at radius 2 is 2.12 bits per heavy atom. The van der Waals surface area contributed by atoms with Crippen LogP contribution in [0.25, 0.3) is 0 Å². The maximum atomic E-state index is 10.0. The van der Waals surface area contributed by atoms with E-state index in [9.17, 15) is 5.11 Å². The molecular weight excluding hydrogens is 200 g/mol. The molecule has 2 atom stereocenters. The molecule has 0 radical (unpaired) electrons. The number of hydrogen-bond acceptors (Lipinski definition) is 2. The first-order valence-corrected chi connectivity index (χ1v) is 6.37. The van der Waals surface area contributed by atoms with Gasteiger partial charge in [0.15, 0.2) is 0 Å². The maximum Gasteiger partial charge on any atom is 0.0823 e. The van der Waals surface area contributed by atoms with Crippen molar-refractivity contribution >= 4 is 0 Å². The van der Waals surface area contributed by atoms with Gasteiger partial charge < -0.3 is 5.11 Å². The molecule has 0 aromatic carbocycles. The zero-order valence-electron chi connectivity index (χ0n) is 10.7. The van der Waals surface area contributed by atoms with Crippen LogP contribution in [0.2, 0.25) is 0 Å².